The Morgan fingerprint density at radius 3 is 2.83 bits per heavy atom. The molecule has 1 aromatic rings. The molecule has 1 N–H and O–H groups in total. The Hall–Kier alpha value is -1.16. The van der Waals surface area contributed by atoms with E-state index in [9.17, 15) is 14.9 Å². The topological polar surface area (TPSA) is 84.7 Å². The van der Waals surface area contributed by atoms with Crippen molar-refractivity contribution in [1.82, 2.24) is 10.2 Å². The maximum Gasteiger partial charge on any atom is 0.324 e. The molecule has 0 saturated carbocycles. The molecular weight excluding hydrogens is 338 g/mol. The maximum atomic E-state index is 12.3. The minimum Gasteiger partial charge on any atom is -0.379 e. The highest BCUT2D eigenvalue weighted by atomic mass is 32.2. The molecule has 9 heteroatoms. The summed E-state index contributed by atoms with van der Waals surface area (Å²) in [5.41, 5.74) is -0.0205. The lowest BCUT2D eigenvalue weighted by molar-refractivity contribution is -0.380. The van der Waals surface area contributed by atoms with Gasteiger partial charge in [0.05, 0.1) is 23.0 Å². The molecule has 1 aromatic heterocycles. The lowest BCUT2D eigenvalue weighted by Gasteiger charge is -2.43. The molecule has 23 heavy (non-hydrogen) atoms. The normalized spacial score (nSPS) is 25.4. The number of carbonyl (C=O) groups is 1. The fraction of sp³-hybridized carbons (Fsp3) is 0.643. The quantitative estimate of drug-likeness (QED) is 0.636. The summed E-state index contributed by atoms with van der Waals surface area (Å²) in [5.74, 6) is 1.86. The summed E-state index contributed by atoms with van der Waals surface area (Å²) in [4.78, 5) is 25.4. The van der Waals surface area contributed by atoms with Crippen molar-refractivity contribution < 1.29 is 14.5 Å². The van der Waals surface area contributed by atoms with Crippen LogP contribution in [-0.4, -0.2) is 65.6 Å². The van der Waals surface area contributed by atoms with Gasteiger partial charge in [-0.05, 0) is 18.2 Å². The number of hydrogen-bond donors (Lipinski definition) is 1. The lowest BCUT2D eigenvalue weighted by atomic mass is 9.95. The minimum absolute atomic E-state index is 0.00513. The summed E-state index contributed by atoms with van der Waals surface area (Å²) in [6.07, 6.45) is 1.04. The van der Waals surface area contributed by atoms with Crippen molar-refractivity contribution in [1.29, 1.82) is 0 Å². The van der Waals surface area contributed by atoms with E-state index in [0.717, 1.165) is 55.6 Å². The second kappa shape index (κ2) is 7.16. The number of thioether (sulfide) groups is 1. The van der Waals surface area contributed by atoms with Gasteiger partial charge in [0.2, 0.25) is 0 Å². The van der Waals surface area contributed by atoms with E-state index in [-0.39, 0.29) is 16.4 Å². The predicted octanol–water partition coefficient (Wildman–Crippen LogP) is 1.59. The van der Waals surface area contributed by atoms with E-state index in [0.29, 0.717) is 11.4 Å². The molecule has 1 unspecified atom stereocenters. The summed E-state index contributed by atoms with van der Waals surface area (Å²) < 4.78 is 5.43. The second-order valence-electron chi connectivity index (χ2n) is 5.70. The number of nitrogens with zero attached hydrogens (tertiary/aromatic N) is 2. The van der Waals surface area contributed by atoms with Crippen LogP contribution in [-0.2, 0) is 4.74 Å². The lowest BCUT2D eigenvalue weighted by Crippen LogP contribution is -2.59. The van der Waals surface area contributed by atoms with Gasteiger partial charge >= 0.3 is 5.00 Å². The van der Waals surface area contributed by atoms with Gasteiger partial charge in [0.15, 0.2) is 0 Å². The molecule has 0 spiro atoms. The van der Waals surface area contributed by atoms with Crippen LogP contribution in [0.5, 0.6) is 0 Å². The molecule has 2 fully saturated rings. The van der Waals surface area contributed by atoms with Crippen molar-refractivity contribution >= 4 is 34.0 Å². The molecule has 7 nitrogen and oxygen atoms in total. The van der Waals surface area contributed by atoms with Gasteiger partial charge in [0.1, 0.15) is 0 Å². The highest BCUT2D eigenvalue weighted by Gasteiger charge is 2.41. The molecule has 1 amide bonds. The van der Waals surface area contributed by atoms with E-state index in [1.165, 1.54) is 12.1 Å². The van der Waals surface area contributed by atoms with Gasteiger partial charge in [0, 0.05) is 37.0 Å². The SMILES string of the molecule is O=C(NCC1(N2CCOCC2)CCSC1)c1ccc([N+](=O)[O-])s1. The van der Waals surface area contributed by atoms with Crippen LogP contribution in [0.4, 0.5) is 5.00 Å². The van der Waals surface area contributed by atoms with E-state index >= 15 is 0 Å². The van der Waals surface area contributed by atoms with Gasteiger partial charge in [-0.1, -0.05) is 11.3 Å². The van der Waals surface area contributed by atoms with E-state index in [1.807, 2.05) is 11.8 Å². The third kappa shape index (κ3) is 3.68. The first kappa shape index (κ1) is 16.7. The number of hydrogen-bond acceptors (Lipinski definition) is 7. The molecule has 0 radical (unpaired) electrons. The summed E-state index contributed by atoms with van der Waals surface area (Å²) in [7, 11) is 0. The van der Waals surface area contributed by atoms with Crippen LogP contribution in [0.25, 0.3) is 0 Å². The summed E-state index contributed by atoms with van der Waals surface area (Å²) in [6, 6.07) is 2.89. The third-order valence-corrected chi connectivity index (χ3v) is 6.61. The Morgan fingerprint density at radius 1 is 1.43 bits per heavy atom. The van der Waals surface area contributed by atoms with Crippen molar-refractivity contribution in [3.05, 3.63) is 27.1 Å². The largest absolute Gasteiger partial charge is 0.379 e. The zero-order chi connectivity index (χ0) is 16.3. The number of morpholine rings is 1. The number of nitrogens with one attached hydrogen (secondary N) is 1. The van der Waals surface area contributed by atoms with Crippen LogP contribution >= 0.6 is 23.1 Å². The van der Waals surface area contributed by atoms with Gasteiger partial charge in [-0.2, -0.15) is 11.8 Å². The van der Waals surface area contributed by atoms with Crippen LogP contribution in [0.1, 0.15) is 16.1 Å². The van der Waals surface area contributed by atoms with Gasteiger partial charge in [-0.25, -0.2) is 0 Å². The predicted molar refractivity (Wildman–Crippen MR) is 90.4 cm³/mol. The average Bonchev–Trinajstić information content (AvgIpc) is 3.24. The molecule has 0 aromatic carbocycles. The first-order valence-electron chi connectivity index (χ1n) is 7.54. The summed E-state index contributed by atoms with van der Waals surface area (Å²) in [5, 5.41) is 13.7. The molecule has 2 saturated heterocycles. The molecule has 3 heterocycles. The van der Waals surface area contributed by atoms with Crippen molar-refractivity contribution in [2.75, 3.05) is 44.4 Å². The van der Waals surface area contributed by atoms with Gasteiger partial charge in [-0.15, -0.1) is 0 Å². The van der Waals surface area contributed by atoms with E-state index in [2.05, 4.69) is 10.2 Å². The molecule has 1 atom stereocenters. The second-order valence-corrected chi connectivity index (χ2v) is 7.87. The average molecular weight is 357 g/mol. The Balaban J connectivity index is 1.64. The van der Waals surface area contributed by atoms with Crippen LogP contribution in [0, 0.1) is 10.1 Å². The summed E-state index contributed by atoms with van der Waals surface area (Å²) in [6.45, 7) is 3.82. The number of nitro groups is 1. The fourth-order valence-corrected chi connectivity index (χ4v) is 5.23. The first-order valence-corrected chi connectivity index (χ1v) is 9.51. The van der Waals surface area contributed by atoms with Gasteiger partial charge < -0.3 is 10.1 Å². The van der Waals surface area contributed by atoms with Crippen molar-refractivity contribution in [2.24, 2.45) is 0 Å². The zero-order valence-corrected chi connectivity index (χ0v) is 14.3. The van der Waals surface area contributed by atoms with E-state index in [4.69, 9.17) is 4.74 Å². The van der Waals surface area contributed by atoms with Crippen molar-refractivity contribution in [3.8, 4) is 0 Å². The van der Waals surface area contributed by atoms with Gasteiger partial charge in [-0.3, -0.25) is 19.8 Å². The molecule has 2 aliphatic rings. The molecule has 0 bridgehead atoms. The number of amides is 1. The molecule has 126 valence electrons. The van der Waals surface area contributed by atoms with Crippen LogP contribution in [0.3, 0.4) is 0 Å². The Morgan fingerprint density at radius 2 is 2.22 bits per heavy atom. The number of ether oxygens (including phenoxy) is 1. The van der Waals surface area contributed by atoms with Crippen LogP contribution in [0.2, 0.25) is 0 Å². The van der Waals surface area contributed by atoms with Crippen LogP contribution < -0.4 is 5.32 Å². The highest BCUT2D eigenvalue weighted by Crippen LogP contribution is 2.34. The number of thiophene rings is 1. The molecule has 2 aliphatic heterocycles. The fourth-order valence-electron chi connectivity index (χ4n) is 3.01. The molecule has 3 rings (SSSR count). The van der Waals surface area contributed by atoms with Crippen molar-refractivity contribution in [3.63, 3.8) is 0 Å². The Bertz CT molecular complexity index is 580. The molecular formula is C14H19N3O4S2. The third-order valence-electron chi connectivity index (χ3n) is 4.34. The van der Waals surface area contributed by atoms with Crippen LogP contribution in [0.15, 0.2) is 12.1 Å². The first-order chi connectivity index (χ1) is 11.1. The molecule has 0 aliphatic carbocycles. The van der Waals surface area contributed by atoms with Gasteiger partial charge in [0.25, 0.3) is 5.91 Å². The highest BCUT2D eigenvalue weighted by molar-refractivity contribution is 7.99. The standard InChI is InChI=1S/C14H19N3O4S2/c18-13(11-1-2-12(23-11)17(19)20)15-9-14(3-8-22-10-14)16-4-6-21-7-5-16/h1-2H,3-10H2,(H,15,18). The maximum absolute atomic E-state index is 12.3. The zero-order valence-electron chi connectivity index (χ0n) is 12.7. The van der Waals surface area contributed by atoms with E-state index in [1.54, 1.807) is 0 Å². The van der Waals surface area contributed by atoms with Crippen molar-refractivity contribution in [2.45, 2.75) is 12.0 Å². The number of carbonyl (C=O) groups excluding carboxylic acids is 1. The summed E-state index contributed by atoms with van der Waals surface area (Å²) >= 11 is 2.83. The Labute approximate surface area is 142 Å². The van der Waals surface area contributed by atoms with E-state index < -0.39 is 4.92 Å². The monoisotopic (exact) mass is 357 g/mol. The minimum atomic E-state index is -0.468. The smallest absolute Gasteiger partial charge is 0.324 e. The number of rotatable bonds is 5. The Kier molecular flexibility index (Phi) is 5.20.